The van der Waals surface area contributed by atoms with Gasteiger partial charge in [-0.15, -0.1) is 0 Å². The minimum atomic E-state index is -1.08. The fourth-order valence-electron chi connectivity index (χ4n) is 2.85. The minimum absolute atomic E-state index is 0.308. The number of aryl methyl sites for hydroxylation is 1. The fraction of sp³-hybridized carbons (Fsp3) is 0.250. The van der Waals surface area contributed by atoms with Crippen molar-refractivity contribution in [3.8, 4) is 11.4 Å². The Bertz CT molecular complexity index is 815. The molecule has 1 unspecified atom stereocenters. The maximum Gasteiger partial charge on any atom is 0.259 e. The summed E-state index contributed by atoms with van der Waals surface area (Å²) in [5, 5.41) is 18.9. The summed E-state index contributed by atoms with van der Waals surface area (Å²) in [5.41, 5.74) is 2.23. The summed E-state index contributed by atoms with van der Waals surface area (Å²) >= 11 is 5.07. The fourth-order valence-corrected chi connectivity index (χ4v) is 3.89. The van der Waals surface area contributed by atoms with Crippen LogP contribution < -0.4 is 0 Å². The van der Waals surface area contributed by atoms with Crippen molar-refractivity contribution in [2.24, 2.45) is 0 Å². The summed E-state index contributed by atoms with van der Waals surface area (Å²) in [6, 6.07) is 8.09. The van der Waals surface area contributed by atoms with Gasteiger partial charge in [-0.05, 0) is 47.5 Å². The van der Waals surface area contributed by atoms with Crippen LogP contribution in [0.4, 0.5) is 0 Å². The van der Waals surface area contributed by atoms with Crippen LogP contribution in [0.3, 0.4) is 0 Å². The number of hydrogen-bond donors (Lipinski definition) is 1. The predicted octanol–water partition coefficient (Wildman–Crippen LogP) is 3.94. The van der Waals surface area contributed by atoms with Crippen molar-refractivity contribution >= 4 is 27.3 Å². The zero-order valence-corrected chi connectivity index (χ0v) is 14.0. The quantitative estimate of drug-likeness (QED) is 0.735. The van der Waals surface area contributed by atoms with Crippen molar-refractivity contribution in [1.29, 1.82) is 0 Å². The molecule has 0 fully saturated rings. The van der Waals surface area contributed by atoms with Crippen LogP contribution >= 0.6 is 27.3 Å². The smallest absolute Gasteiger partial charge is 0.259 e. The normalized spacial score (nSPS) is 20.8. The third-order valence-corrected chi connectivity index (χ3v) is 5.24. The third kappa shape index (κ3) is 2.41. The lowest BCUT2D eigenvalue weighted by Crippen LogP contribution is -2.33. The van der Waals surface area contributed by atoms with E-state index in [9.17, 15) is 5.11 Å². The van der Waals surface area contributed by atoms with Crippen LogP contribution in [0.5, 0.6) is 0 Å². The van der Waals surface area contributed by atoms with Gasteiger partial charge >= 0.3 is 0 Å². The standard InChI is InChI=1S/C16H13BrN2O2S/c17-13-2-1-11-8-16(20,5-3-10(11)7-13)15-18-14(19-21-15)12-4-6-22-9-12/h1-2,4,6-7,9,20H,3,5,8H2. The second kappa shape index (κ2) is 5.30. The molecule has 6 heteroatoms. The molecule has 1 aromatic carbocycles. The first kappa shape index (κ1) is 14.1. The average Bonchev–Trinajstić information content (AvgIpc) is 3.18. The van der Waals surface area contributed by atoms with Gasteiger partial charge in [0.25, 0.3) is 5.89 Å². The maximum atomic E-state index is 11.0. The SMILES string of the molecule is OC1(c2nc(-c3ccsc3)no2)CCc2cc(Br)ccc2C1. The van der Waals surface area contributed by atoms with Crippen LogP contribution in [0.25, 0.3) is 11.4 Å². The van der Waals surface area contributed by atoms with E-state index in [1.165, 1.54) is 5.56 Å². The van der Waals surface area contributed by atoms with Crippen molar-refractivity contribution < 1.29 is 9.63 Å². The maximum absolute atomic E-state index is 11.0. The average molecular weight is 377 g/mol. The highest BCUT2D eigenvalue weighted by atomic mass is 79.9. The number of aliphatic hydroxyl groups is 1. The molecule has 2 heterocycles. The van der Waals surface area contributed by atoms with Crippen molar-refractivity contribution in [1.82, 2.24) is 10.1 Å². The summed E-state index contributed by atoms with van der Waals surface area (Å²) < 4.78 is 6.42. The van der Waals surface area contributed by atoms with Crippen LogP contribution in [0, 0.1) is 0 Å². The van der Waals surface area contributed by atoms with E-state index in [4.69, 9.17) is 4.52 Å². The highest BCUT2D eigenvalue weighted by molar-refractivity contribution is 9.10. The molecular weight excluding hydrogens is 364 g/mol. The number of nitrogens with zero attached hydrogens (tertiary/aromatic N) is 2. The molecule has 1 aliphatic carbocycles. The number of aromatic nitrogens is 2. The first-order valence-electron chi connectivity index (χ1n) is 7.00. The minimum Gasteiger partial charge on any atom is -0.380 e. The molecule has 4 nitrogen and oxygen atoms in total. The van der Waals surface area contributed by atoms with E-state index < -0.39 is 5.60 Å². The van der Waals surface area contributed by atoms with Crippen LogP contribution in [0.2, 0.25) is 0 Å². The molecule has 1 N–H and O–H groups in total. The predicted molar refractivity (Wildman–Crippen MR) is 87.7 cm³/mol. The van der Waals surface area contributed by atoms with E-state index in [-0.39, 0.29) is 0 Å². The second-order valence-corrected chi connectivity index (χ2v) is 7.25. The Morgan fingerprint density at radius 1 is 1.27 bits per heavy atom. The van der Waals surface area contributed by atoms with Gasteiger partial charge in [0.15, 0.2) is 0 Å². The number of rotatable bonds is 2. The van der Waals surface area contributed by atoms with Crippen molar-refractivity contribution in [2.75, 3.05) is 0 Å². The molecule has 112 valence electrons. The number of halogens is 1. The molecule has 0 amide bonds. The van der Waals surface area contributed by atoms with Crippen molar-refractivity contribution in [3.63, 3.8) is 0 Å². The second-order valence-electron chi connectivity index (χ2n) is 5.56. The van der Waals surface area contributed by atoms with E-state index in [1.807, 2.05) is 29.0 Å². The number of fused-ring (bicyclic) bond motifs is 1. The molecule has 3 aromatic rings. The van der Waals surface area contributed by atoms with Crippen molar-refractivity contribution in [3.05, 3.63) is 56.5 Å². The van der Waals surface area contributed by atoms with Crippen LogP contribution in [0.1, 0.15) is 23.4 Å². The molecule has 4 rings (SSSR count). The summed E-state index contributed by atoms with van der Waals surface area (Å²) in [6.07, 6.45) is 1.88. The van der Waals surface area contributed by atoms with Gasteiger partial charge in [-0.2, -0.15) is 16.3 Å². The van der Waals surface area contributed by atoms with Gasteiger partial charge in [0.2, 0.25) is 5.82 Å². The molecule has 0 spiro atoms. The Labute approximate surface area is 139 Å². The largest absolute Gasteiger partial charge is 0.380 e. The lowest BCUT2D eigenvalue weighted by Gasteiger charge is -2.30. The van der Waals surface area contributed by atoms with Crippen molar-refractivity contribution in [2.45, 2.75) is 24.9 Å². The molecule has 0 bridgehead atoms. The van der Waals surface area contributed by atoms with Crippen LogP contribution in [0.15, 0.2) is 44.0 Å². The summed E-state index contributed by atoms with van der Waals surface area (Å²) in [7, 11) is 0. The Kier molecular flexibility index (Phi) is 3.40. The topological polar surface area (TPSA) is 59.2 Å². The molecule has 0 radical (unpaired) electrons. The van der Waals surface area contributed by atoms with Gasteiger partial charge in [0.05, 0.1) is 0 Å². The Balaban J connectivity index is 1.66. The lowest BCUT2D eigenvalue weighted by molar-refractivity contribution is -0.00861. The first-order valence-corrected chi connectivity index (χ1v) is 8.74. The molecule has 2 aromatic heterocycles. The van der Waals surface area contributed by atoms with Gasteiger partial charge < -0.3 is 9.63 Å². The van der Waals surface area contributed by atoms with Crippen LogP contribution in [-0.4, -0.2) is 15.2 Å². The summed E-state index contributed by atoms with van der Waals surface area (Å²) in [5.74, 6) is 0.841. The van der Waals surface area contributed by atoms with E-state index in [2.05, 4.69) is 32.1 Å². The highest BCUT2D eigenvalue weighted by Crippen LogP contribution is 2.37. The van der Waals surface area contributed by atoms with E-state index in [0.29, 0.717) is 24.6 Å². The molecule has 0 saturated carbocycles. The zero-order valence-electron chi connectivity index (χ0n) is 11.6. The van der Waals surface area contributed by atoms with Gasteiger partial charge in [0, 0.05) is 21.8 Å². The summed E-state index contributed by atoms with van der Waals surface area (Å²) in [4.78, 5) is 4.41. The van der Waals surface area contributed by atoms with Gasteiger partial charge in [-0.1, -0.05) is 27.2 Å². The monoisotopic (exact) mass is 376 g/mol. The number of hydrogen-bond acceptors (Lipinski definition) is 5. The van der Waals surface area contributed by atoms with Gasteiger partial charge in [-0.3, -0.25) is 0 Å². The first-order chi connectivity index (χ1) is 10.6. The Hall–Kier alpha value is -1.50. The highest BCUT2D eigenvalue weighted by Gasteiger charge is 2.39. The summed E-state index contributed by atoms with van der Waals surface area (Å²) in [6.45, 7) is 0. The van der Waals surface area contributed by atoms with Crippen LogP contribution in [-0.2, 0) is 18.4 Å². The zero-order chi connectivity index (χ0) is 15.2. The van der Waals surface area contributed by atoms with E-state index in [0.717, 1.165) is 22.0 Å². The molecule has 22 heavy (non-hydrogen) atoms. The molecule has 0 aliphatic heterocycles. The molecular formula is C16H13BrN2O2S. The number of benzene rings is 1. The van der Waals surface area contributed by atoms with E-state index >= 15 is 0 Å². The van der Waals surface area contributed by atoms with Gasteiger partial charge in [-0.25, -0.2) is 0 Å². The molecule has 0 saturated heterocycles. The lowest BCUT2D eigenvalue weighted by atomic mass is 9.80. The van der Waals surface area contributed by atoms with E-state index in [1.54, 1.807) is 11.3 Å². The Morgan fingerprint density at radius 2 is 2.18 bits per heavy atom. The molecule has 1 atom stereocenters. The van der Waals surface area contributed by atoms with Gasteiger partial charge in [0.1, 0.15) is 5.60 Å². The number of thiophene rings is 1. The molecule has 1 aliphatic rings. The third-order valence-electron chi connectivity index (χ3n) is 4.06. The Morgan fingerprint density at radius 3 is 3.00 bits per heavy atom.